The van der Waals surface area contributed by atoms with Crippen molar-refractivity contribution in [3.8, 4) is 0 Å². The molecular formula is C23H50N5O14+5. The standard InChI is InChI=1S/C23H45N5O14/c24-2-7-13(32)15(34)10(27)21(37-7)41-19-9(4-30)39-23(17(19)36)42-20-12(31)5(25)1-6(26)18(20)40-22-11(28)16(35)14(33)8(3-29)38-22/h5-23,29-36H,1-4,24-28H2/p+5/t5-,6+,7-,8-,9-,10-,11-,12+,13-,14-,15-,16-,17-,18-,19-,20-,21-,22-,23+/m1/s1. The smallest absolute Gasteiger partial charge is 0.214 e. The van der Waals surface area contributed by atoms with Crippen LogP contribution in [0.4, 0.5) is 0 Å². The number of hydrogen-bond donors (Lipinski definition) is 13. The molecule has 0 aromatic heterocycles. The van der Waals surface area contributed by atoms with Crippen molar-refractivity contribution in [2.75, 3.05) is 19.8 Å². The Morgan fingerprint density at radius 2 is 1.00 bits per heavy atom. The predicted molar refractivity (Wildman–Crippen MR) is 130 cm³/mol. The molecule has 0 unspecified atom stereocenters. The zero-order chi connectivity index (χ0) is 31.0. The van der Waals surface area contributed by atoms with Crippen LogP contribution < -0.4 is 28.7 Å². The molecule has 0 aromatic rings. The molecule has 0 spiro atoms. The van der Waals surface area contributed by atoms with E-state index in [9.17, 15) is 40.9 Å². The SMILES string of the molecule is [NH3+]C[C@H]1O[C@H](O[C@H]2[C@@H](O)[C@H](O[C@@H]3[C@@H](O)[C@H]([NH3+])C[C@H]([NH3+])[C@H]3O[C@H]3O[C@H](CO)[C@@H](O)[C@H](O)[C@H]3[NH3+])O[C@@H]2CO)[C@H]([NH3+])[C@@H](O)[C@@H]1O. The van der Waals surface area contributed by atoms with Gasteiger partial charge in [0.2, 0.25) is 12.6 Å². The molecule has 19 heteroatoms. The highest BCUT2D eigenvalue weighted by atomic mass is 16.8. The highest BCUT2D eigenvalue weighted by molar-refractivity contribution is 4.98. The van der Waals surface area contributed by atoms with Crippen molar-refractivity contribution in [1.82, 2.24) is 0 Å². The molecule has 0 bridgehead atoms. The zero-order valence-electron chi connectivity index (χ0n) is 23.4. The van der Waals surface area contributed by atoms with Crippen LogP contribution in [0.15, 0.2) is 0 Å². The maximum absolute atomic E-state index is 11.2. The summed E-state index contributed by atoms with van der Waals surface area (Å²) < 4.78 is 35.2. The van der Waals surface area contributed by atoms with E-state index in [1.165, 1.54) is 0 Å². The lowest BCUT2D eigenvalue weighted by atomic mass is 9.84. The predicted octanol–water partition coefficient (Wildman–Crippen LogP) is -12.4. The number of aliphatic hydroxyl groups is 8. The van der Waals surface area contributed by atoms with E-state index in [0.717, 1.165) is 0 Å². The third-order valence-electron chi connectivity index (χ3n) is 8.68. The molecular weight excluding hydrogens is 570 g/mol. The molecule has 246 valence electrons. The molecule has 1 saturated carbocycles. The summed E-state index contributed by atoms with van der Waals surface area (Å²) in [5, 5.41) is 83.0. The molecule has 3 saturated heterocycles. The summed E-state index contributed by atoms with van der Waals surface area (Å²) in [5.41, 5.74) is 19.4. The minimum Gasteiger partial charge on any atom is -0.394 e. The Kier molecular flexibility index (Phi) is 11.5. The maximum Gasteiger partial charge on any atom is 0.214 e. The zero-order valence-corrected chi connectivity index (χ0v) is 23.4. The Morgan fingerprint density at radius 1 is 0.524 bits per heavy atom. The van der Waals surface area contributed by atoms with Gasteiger partial charge in [-0.25, -0.2) is 0 Å². The molecule has 19 atom stereocenters. The molecule has 19 nitrogen and oxygen atoms in total. The largest absolute Gasteiger partial charge is 0.394 e. The first-order valence-electron chi connectivity index (χ1n) is 14.2. The Morgan fingerprint density at radius 3 is 1.55 bits per heavy atom. The van der Waals surface area contributed by atoms with Crippen molar-refractivity contribution in [3.05, 3.63) is 0 Å². The molecule has 4 aliphatic rings. The fourth-order valence-corrected chi connectivity index (χ4v) is 5.97. The highest BCUT2D eigenvalue weighted by Gasteiger charge is 2.56. The summed E-state index contributed by atoms with van der Waals surface area (Å²) in [6.45, 7) is -1.06. The van der Waals surface area contributed by atoms with Crippen LogP contribution in [0.2, 0.25) is 0 Å². The third-order valence-corrected chi connectivity index (χ3v) is 8.68. The molecule has 0 amide bonds. The molecule has 3 aliphatic heterocycles. The van der Waals surface area contributed by atoms with Gasteiger partial charge in [-0.2, -0.15) is 0 Å². The molecule has 42 heavy (non-hydrogen) atoms. The van der Waals surface area contributed by atoms with Crippen molar-refractivity contribution in [3.63, 3.8) is 0 Å². The normalized spacial score (nSPS) is 53.8. The Balaban J connectivity index is 1.50. The van der Waals surface area contributed by atoms with E-state index < -0.39 is 129 Å². The quantitative estimate of drug-likeness (QED) is 0.114. The van der Waals surface area contributed by atoms with Gasteiger partial charge in [0.15, 0.2) is 18.4 Å². The first-order valence-corrected chi connectivity index (χ1v) is 14.2. The molecule has 0 radical (unpaired) electrons. The number of rotatable bonds is 9. The summed E-state index contributed by atoms with van der Waals surface area (Å²) in [7, 11) is 0. The van der Waals surface area contributed by atoms with Crippen molar-refractivity contribution in [1.29, 1.82) is 0 Å². The minimum atomic E-state index is -1.52. The van der Waals surface area contributed by atoms with Crippen molar-refractivity contribution >= 4 is 0 Å². The topological polar surface area (TPSA) is 355 Å². The molecule has 4 rings (SSSR count). The van der Waals surface area contributed by atoms with E-state index in [0.29, 0.717) is 6.42 Å². The van der Waals surface area contributed by atoms with E-state index in [4.69, 9.17) is 28.4 Å². The van der Waals surface area contributed by atoms with Gasteiger partial charge in [-0.1, -0.05) is 0 Å². The van der Waals surface area contributed by atoms with Crippen LogP contribution in [0, 0.1) is 0 Å². The minimum absolute atomic E-state index is 0.122. The summed E-state index contributed by atoms with van der Waals surface area (Å²) >= 11 is 0. The summed E-state index contributed by atoms with van der Waals surface area (Å²) in [4.78, 5) is 0. The van der Waals surface area contributed by atoms with E-state index in [-0.39, 0.29) is 6.54 Å². The van der Waals surface area contributed by atoms with Crippen molar-refractivity contribution in [2.45, 2.75) is 123 Å². The first-order chi connectivity index (χ1) is 19.8. The Bertz CT molecular complexity index is 866. The second-order valence-corrected chi connectivity index (χ2v) is 11.6. The lowest BCUT2D eigenvalue weighted by Gasteiger charge is -2.44. The van der Waals surface area contributed by atoms with E-state index in [1.807, 2.05) is 0 Å². The van der Waals surface area contributed by atoms with Crippen LogP contribution in [0.3, 0.4) is 0 Å². The van der Waals surface area contributed by atoms with Crippen molar-refractivity contribution in [2.24, 2.45) is 0 Å². The Hall–Kier alpha value is -0.760. The van der Waals surface area contributed by atoms with E-state index in [2.05, 4.69) is 28.7 Å². The molecule has 3 heterocycles. The van der Waals surface area contributed by atoms with Gasteiger partial charge in [-0.15, -0.1) is 0 Å². The van der Waals surface area contributed by atoms with Crippen LogP contribution in [0.25, 0.3) is 0 Å². The average molecular weight is 621 g/mol. The summed E-state index contributed by atoms with van der Waals surface area (Å²) in [5.74, 6) is 0. The van der Waals surface area contributed by atoms with Gasteiger partial charge in [0.25, 0.3) is 0 Å². The molecule has 1 aliphatic carbocycles. The molecule has 0 aromatic carbocycles. The van der Waals surface area contributed by atoms with Crippen LogP contribution >= 0.6 is 0 Å². The van der Waals surface area contributed by atoms with Gasteiger partial charge < -0.3 is 97.9 Å². The van der Waals surface area contributed by atoms with E-state index >= 15 is 0 Å². The average Bonchev–Trinajstić information content (AvgIpc) is 3.27. The van der Waals surface area contributed by atoms with Crippen LogP contribution in [0.5, 0.6) is 0 Å². The van der Waals surface area contributed by atoms with Gasteiger partial charge >= 0.3 is 0 Å². The lowest BCUT2D eigenvalue weighted by Crippen LogP contribution is -2.84. The number of aliphatic hydroxyl groups excluding tert-OH is 8. The van der Waals surface area contributed by atoms with Crippen LogP contribution in [-0.4, -0.2) is 177 Å². The van der Waals surface area contributed by atoms with Gasteiger partial charge in [-0.05, 0) is 0 Å². The third kappa shape index (κ3) is 6.60. The van der Waals surface area contributed by atoms with Crippen LogP contribution in [0.1, 0.15) is 6.42 Å². The van der Waals surface area contributed by atoms with Gasteiger partial charge in [0.05, 0.1) is 19.6 Å². The highest BCUT2D eigenvalue weighted by Crippen LogP contribution is 2.33. The number of ether oxygens (including phenoxy) is 6. The summed E-state index contributed by atoms with van der Waals surface area (Å²) in [6, 6.07) is -3.00. The number of hydrogen-bond acceptors (Lipinski definition) is 14. The van der Waals surface area contributed by atoms with Crippen molar-refractivity contribution < 1.29 is 97.9 Å². The van der Waals surface area contributed by atoms with Gasteiger partial charge in [0.1, 0.15) is 91.9 Å². The van der Waals surface area contributed by atoms with Gasteiger partial charge in [0, 0.05) is 0 Å². The second-order valence-electron chi connectivity index (χ2n) is 11.6. The number of quaternary nitrogens is 5. The van der Waals surface area contributed by atoms with Crippen LogP contribution in [-0.2, 0) is 28.4 Å². The molecule has 4 fully saturated rings. The fraction of sp³-hybridized carbons (Fsp3) is 1.00. The fourth-order valence-electron chi connectivity index (χ4n) is 5.97. The lowest BCUT2D eigenvalue weighted by molar-refractivity contribution is -0.533. The second kappa shape index (κ2) is 14.1. The van der Waals surface area contributed by atoms with Gasteiger partial charge in [-0.3, -0.25) is 0 Å². The van der Waals surface area contributed by atoms with E-state index in [1.54, 1.807) is 0 Å². The Labute approximate surface area is 240 Å². The first kappa shape index (κ1) is 34.1. The monoisotopic (exact) mass is 620 g/mol. The summed E-state index contributed by atoms with van der Waals surface area (Å²) in [6.07, 6.45) is -18.1. The maximum atomic E-state index is 11.2. The molecule has 23 N–H and O–H groups in total.